The van der Waals surface area contributed by atoms with E-state index in [0.717, 1.165) is 107 Å². The summed E-state index contributed by atoms with van der Waals surface area (Å²) in [5.41, 5.74) is 4.27. The van der Waals surface area contributed by atoms with E-state index in [1.165, 1.54) is 12.3 Å². The number of carbonyl (C=O) groups excluding carboxylic acids is 3. The standard InChI is InChI=1S/C44H52F2N8O3/c45-36-26-34(48-38-14-16-40(55)51-43(38)57)13-15-39(36)54-23-19-35(20-24-54)53-21-17-29(18-22-53)42(56)49-32-9-11-33(12-10-32)50-44-47-27-37(46)41(52-44)31-8-4-7-30(25-31)28-5-2-1-3-6-28/h2,4-8,13,15,25-27,29,32-33,35,38,48H,1,3,9-12,14,16-24H2,(H,49,56)(H,47,50,52)(H,51,55,57). The zero-order valence-corrected chi connectivity index (χ0v) is 32.3. The molecule has 0 bridgehead atoms. The molecular formula is C44H52F2N8O3. The first-order valence-electron chi connectivity index (χ1n) is 20.7. The second kappa shape index (κ2) is 17.5. The van der Waals surface area contributed by atoms with Crippen LogP contribution in [0.25, 0.3) is 16.8 Å². The third-order valence-corrected chi connectivity index (χ3v) is 12.4. The Balaban J connectivity index is 0.754. The van der Waals surface area contributed by atoms with Crippen LogP contribution in [0.2, 0.25) is 0 Å². The number of rotatable bonds is 10. The van der Waals surface area contributed by atoms with Gasteiger partial charge in [-0.05, 0) is 119 Å². The van der Waals surface area contributed by atoms with Gasteiger partial charge in [0.25, 0.3) is 0 Å². The summed E-state index contributed by atoms with van der Waals surface area (Å²) in [7, 11) is 0. The Bertz CT molecular complexity index is 2020. The van der Waals surface area contributed by atoms with E-state index in [4.69, 9.17) is 0 Å². The maximum Gasteiger partial charge on any atom is 0.249 e. The fourth-order valence-corrected chi connectivity index (χ4v) is 9.08. The van der Waals surface area contributed by atoms with Crippen LogP contribution in [0.15, 0.2) is 66.9 Å². The number of allylic oxidation sites excluding steroid dienone is 4. The summed E-state index contributed by atoms with van der Waals surface area (Å²) >= 11 is 0. The summed E-state index contributed by atoms with van der Waals surface area (Å²) in [6, 6.07) is 13.0. The number of hydrogen-bond donors (Lipinski definition) is 4. The molecule has 8 rings (SSSR count). The number of nitrogens with zero attached hydrogens (tertiary/aromatic N) is 4. The molecule has 4 N–H and O–H groups in total. The van der Waals surface area contributed by atoms with Crippen molar-refractivity contribution in [1.82, 2.24) is 25.5 Å². The first-order valence-corrected chi connectivity index (χ1v) is 20.7. The molecular weight excluding hydrogens is 727 g/mol. The minimum atomic E-state index is -0.556. The van der Waals surface area contributed by atoms with E-state index in [1.54, 1.807) is 12.1 Å². The van der Waals surface area contributed by atoms with Crippen molar-refractivity contribution in [2.45, 2.75) is 101 Å². The number of anilines is 3. The zero-order chi connectivity index (χ0) is 39.3. The van der Waals surface area contributed by atoms with Gasteiger partial charge in [0.15, 0.2) is 5.82 Å². The van der Waals surface area contributed by atoms with Gasteiger partial charge in [-0.2, -0.15) is 0 Å². The third kappa shape index (κ3) is 9.35. The number of amides is 3. The van der Waals surface area contributed by atoms with Gasteiger partial charge in [-0.15, -0.1) is 0 Å². The lowest BCUT2D eigenvalue weighted by Crippen LogP contribution is -2.50. The normalized spacial score (nSPS) is 23.8. The summed E-state index contributed by atoms with van der Waals surface area (Å²) in [4.78, 5) is 50.3. The Hall–Kier alpha value is -5.17. The molecule has 1 aromatic heterocycles. The summed E-state index contributed by atoms with van der Waals surface area (Å²) in [5.74, 6) is -0.869. The summed E-state index contributed by atoms with van der Waals surface area (Å²) in [5, 5.41) is 12.1. The molecule has 57 heavy (non-hydrogen) atoms. The molecule has 5 aliphatic rings. The van der Waals surface area contributed by atoms with Gasteiger partial charge in [0, 0.05) is 54.8 Å². The highest BCUT2D eigenvalue weighted by Gasteiger charge is 2.33. The smallest absolute Gasteiger partial charge is 0.249 e. The van der Waals surface area contributed by atoms with E-state index < -0.39 is 11.9 Å². The molecule has 3 aromatic rings. The number of halogens is 2. The Morgan fingerprint density at radius 1 is 0.807 bits per heavy atom. The topological polar surface area (TPSA) is 132 Å². The Morgan fingerprint density at radius 3 is 2.32 bits per heavy atom. The fraction of sp³-hybridized carbons (Fsp3) is 0.477. The SMILES string of the molecule is O=C1CCC(Nc2ccc(N3CCC(N4CCC(C(=O)NC5CCC(Nc6ncc(F)c(-c7cccc(C8=CCCC=C8)c7)n6)CC5)CC4)CC3)c(F)c2)C(=O)N1. The quantitative estimate of drug-likeness (QED) is 0.168. The van der Waals surface area contributed by atoms with Crippen molar-refractivity contribution in [3.63, 3.8) is 0 Å². The van der Waals surface area contributed by atoms with Crippen LogP contribution in [-0.2, 0) is 14.4 Å². The maximum atomic E-state index is 15.2. The van der Waals surface area contributed by atoms with E-state index in [0.29, 0.717) is 29.8 Å². The van der Waals surface area contributed by atoms with Gasteiger partial charge >= 0.3 is 0 Å². The minimum absolute atomic E-state index is 0.00791. The van der Waals surface area contributed by atoms with Gasteiger partial charge in [0.2, 0.25) is 23.7 Å². The number of imide groups is 1. The number of piperidine rings is 3. The Kier molecular flexibility index (Phi) is 11.9. The molecule has 11 nitrogen and oxygen atoms in total. The van der Waals surface area contributed by atoms with E-state index in [9.17, 15) is 18.8 Å². The molecule has 2 aliphatic carbocycles. The van der Waals surface area contributed by atoms with Crippen molar-refractivity contribution < 1.29 is 23.2 Å². The van der Waals surface area contributed by atoms with Crippen LogP contribution in [0.5, 0.6) is 0 Å². The lowest BCUT2D eigenvalue weighted by molar-refractivity contribution is -0.133. The number of hydrogen-bond acceptors (Lipinski definition) is 9. The van der Waals surface area contributed by atoms with Crippen LogP contribution in [0, 0.1) is 17.6 Å². The average Bonchev–Trinajstić information content (AvgIpc) is 3.24. The second-order valence-electron chi connectivity index (χ2n) is 16.2. The molecule has 0 spiro atoms. The van der Waals surface area contributed by atoms with Crippen LogP contribution in [-0.4, -0.2) is 82.9 Å². The predicted molar refractivity (Wildman–Crippen MR) is 217 cm³/mol. The second-order valence-corrected chi connectivity index (χ2v) is 16.2. The first kappa shape index (κ1) is 38.7. The van der Waals surface area contributed by atoms with Crippen molar-refractivity contribution in [3.8, 4) is 11.3 Å². The molecule has 2 aromatic carbocycles. The molecule has 1 saturated carbocycles. The molecule has 4 fully saturated rings. The predicted octanol–water partition coefficient (Wildman–Crippen LogP) is 6.59. The van der Waals surface area contributed by atoms with Gasteiger partial charge in [-0.1, -0.05) is 36.4 Å². The summed E-state index contributed by atoms with van der Waals surface area (Å²) < 4.78 is 30.2. The lowest BCUT2D eigenvalue weighted by atomic mass is 9.89. The molecule has 4 heterocycles. The third-order valence-electron chi connectivity index (χ3n) is 12.4. The molecule has 3 saturated heterocycles. The number of benzene rings is 2. The Morgan fingerprint density at radius 2 is 1.58 bits per heavy atom. The van der Waals surface area contributed by atoms with Crippen molar-refractivity contribution in [2.75, 3.05) is 41.7 Å². The maximum absolute atomic E-state index is 15.2. The van der Waals surface area contributed by atoms with Crippen molar-refractivity contribution in [2.24, 2.45) is 5.92 Å². The van der Waals surface area contributed by atoms with E-state index in [2.05, 4.69) is 59.3 Å². The highest BCUT2D eigenvalue weighted by atomic mass is 19.1. The molecule has 1 atom stereocenters. The number of aromatic nitrogens is 2. The minimum Gasteiger partial charge on any atom is -0.374 e. The summed E-state index contributed by atoms with van der Waals surface area (Å²) in [6.07, 6.45) is 17.4. The molecule has 13 heteroatoms. The summed E-state index contributed by atoms with van der Waals surface area (Å²) in [6.45, 7) is 3.26. The van der Waals surface area contributed by atoms with Gasteiger partial charge in [0.1, 0.15) is 17.6 Å². The molecule has 3 aliphatic heterocycles. The van der Waals surface area contributed by atoms with Crippen LogP contribution < -0.4 is 26.2 Å². The molecule has 1 unspecified atom stereocenters. The average molecular weight is 779 g/mol. The highest BCUT2D eigenvalue weighted by molar-refractivity contribution is 6.01. The van der Waals surface area contributed by atoms with Gasteiger partial charge in [-0.3, -0.25) is 19.7 Å². The number of carbonyl (C=O) groups is 3. The lowest BCUT2D eigenvalue weighted by Gasteiger charge is -2.42. The van der Waals surface area contributed by atoms with Crippen LogP contribution in [0.4, 0.5) is 26.1 Å². The van der Waals surface area contributed by atoms with Crippen LogP contribution in [0.3, 0.4) is 0 Å². The van der Waals surface area contributed by atoms with Crippen LogP contribution in [0.1, 0.15) is 82.6 Å². The van der Waals surface area contributed by atoms with E-state index in [1.807, 2.05) is 24.3 Å². The largest absolute Gasteiger partial charge is 0.374 e. The van der Waals surface area contributed by atoms with E-state index in [-0.39, 0.29) is 53.7 Å². The highest BCUT2D eigenvalue weighted by Crippen LogP contribution is 2.32. The molecule has 300 valence electrons. The molecule has 0 radical (unpaired) electrons. The first-order chi connectivity index (χ1) is 27.8. The monoisotopic (exact) mass is 778 g/mol. The zero-order valence-electron chi connectivity index (χ0n) is 32.3. The van der Waals surface area contributed by atoms with Crippen molar-refractivity contribution in [1.29, 1.82) is 0 Å². The van der Waals surface area contributed by atoms with Crippen LogP contribution >= 0.6 is 0 Å². The number of likely N-dealkylation sites (tertiary alicyclic amines) is 1. The number of nitrogens with one attached hydrogen (secondary N) is 4. The fourth-order valence-electron chi connectivity index (χ4n) is 9.08. The van der Waals surface area contributed by atoms with Gasteiger partial charge in [-0.25, -0.2) is 18.7 Å². The van der Waals surface area contributed by atoms with Gasteiger partial charge < -0.3 is 25.8 Å². The Labute approximate surface area is 332 Å². The van der Waals surface area contributed by atoms with Gasteiger partial charge in [0.05, 0.1) is 11.9 Å². The van der Waals surface area contributed by atoms with E-state index >= 15 is 4.39 Å². The molecule has 3 amide bonds. The van der Waals surface area contributed by atoms with Crippen molar-refractivity contribution >= 4 is 40.6 Å². The van der Waals surface area contributed by atoms with Crippen molar-refractivity contribution in [3.05, 3.63) is 84.1 Å².